The normalized spacial score (nSPS) is 10.5. The van der Waals surface area contributed by atoms with E-state index in [1.165, 1.54) is 0 Å². The van der Waals surface area contributed by atoms with E-state index < -0.39 is 17.9 Å². The summed E-state index contributed by atoms with van der Waals surface area (Å²) in [6.07, 6.45) is 1.08. The Labute approximate surface area is 125 Å². The van der Waals surface area contributed by atoms with Crippen molar-refractivity contribution in [2.24, 2.45) is 11.7 Å². The number of hydrogen-bond acceptors (Lipinski definition) is 5. The monoisotopic (exact) mass is 293 g/mol. The lowest BCUT2D eigenvalue weighted by atomic mass is 9.98. The minimum absolute atomic E-state index is 0.240. The molecule has 0 aliphatic rings. The molecule has 0 unspecified atom stereocenters. The Morgan fingerprint density at radius 3 is 1.90 bits per heavy atom. The van der Waals surface area contributed by atoms with E-state index in [4.69, 9.17) is 15.2 Å². The summed E-state index contributed by atoms with van der Waals surface area (Å²) >= 11 is 0. The number of ether oxygens (including phenoxy) is 2. The van der Waals surface area contributed by atoms with Crippen molar-refractivity contribution in [1.82, 2.24) is 0 Å². The van der Waals surface area contributed by atoms with E-state index in [0.717, 1.165) is 17.5 Å². The summed E-state index contributed by atoms with van der Waals surface area (Å²) in [5.74, 6) is -1.99. The van der Waals surface area contributed by atoms with Crippen LogP contribution in [0.1, 0.15) is 25.0 Å². The van der Waals surface area contributed by atoms with Gasteiger partial charge in [-0.25, -0.2) is 0 Å². The van der Waals surface area contributed by atoms with E-state index in [1.807, 2.05) is 24.3 Å². The Morgan fingerprint density at radius 2 is 1.48 bits per heavy atom. The Kier molecular flexibility index (Phi) is 7.46. The van der Waals surface area contributed by atoms with Gasteiger partial charge in [0.2, 0.25) is 0 Å². The molecule has 116 valence electrons. The molecule has 0 spiro atoms. The van der Waals surface area contributed by atoms with E-state index in [1.54, 1.807) is 13.8 Å². The highest BCUT2D eigenvalue weighted by Crippen LogP contribution is 2.14. The van der Waals surface area contributed by atoms with Gasteiger partial charge < -0.3 is 15.2 Å². The molecule has 0 aliphatic carbocycles. The molecule has 0 radical (unpaired) electrons. The third kappa shape index (κ3) is 5.55. The van der Waals surface area contributed by atoms with Gasteiger partial charge >= 0.3 is 11.9 Å². The number of rotatable bonds is 8. The molecule has 0 aliphatic heterocycles. The second-order valence-electron chi connectivity index (χ2n) is 4.62. The third-order valence-corrected chi connectivity index (χ3v) is 3.04. The zero-order valence-corrected chi connectivity index (χ0v) is 12.6. The largest absolute Gasteiger partial charge is 0.465 e. The summed E-state index contributed by atoms with van der Waals surface area (Å²) in [7, 11) is 0. The van der Waals surface area contributed by atoms with Gasteiger partial charge in [-0.2, -0.15) is 0 Å². The quantitative estimate of drug-likeness (QED) is 0.580. The Hall–Kier alpha value is -1.88. The van der Waals surface area contributed by atoms with Gasteiger partial charge in [-0.05, 0) is 44.4 Å². The first-order chi connectivity index (χ1) is 10.1. The fourth-order valence-corrected chi connectivity index (χ4v) is 1.99. The first-order valence-electron chi connectivity index (χ1n) is 7.23. The van der Waals surface area contributed by atoms with Gasteiger partial charge in [0.25, 0.3) is 0 Å². The smallest absolute Gasteiger partial charge is 0.320 e. The molecule has 0 amide bonds. The Balaban J connectivity index is 2.79. The lowest BCUT2D eigenvalue weighted by Gasteiger charge is -2.14. The molecule has 0 saturated heterocycles. The van der Waals surface area contributed by atoms with E-state index in [2.05, 4.69) is 0 Å². The average molecular weight is 293 g/mol. The van der Waals surface area contributed by atoms with Crippen LogP contribution in [-0.2, 0) is 31.9 Å². The molecule has 0 atom stereocenters. The second kappa shape index (κ2) is 9.13. The minimum Gasteiger partial charge on any atom is -0.465 e. The van der Waals surface area contributed by atoms with Crippen LogP contribution in [0.3, 0.4) is 0 Å². The van der Waals surface area contributed by atoms with E-state index >= 15 is 0 Å². The van der Waals surface area contributed by atoms with Crippen molar-refractivity contribution in [2.45, 2.75) is 26.7 Å². The van der Waals surface area contributed by atoms with Crippen molar-refractivity contribution in [3.8, 4) is 0 Å². The van der Waals surface area contributed by atoms with Crippen LogP contribution in [-0.4, -0.2) is 31.7 Å². The summed E-state index contributed by atoms with van der Waals surface area (Å²) < 4.78 is 9.90. The standard InChI is InChI=1S/C16H23NO4/c1-3-20-15(18)14(16(19)21-4-2)11-13-7-5-12(6-8-13)9-10-17/h5-8,14H,3-4,9-11,17H2,1-2H3. The highest BCUT2D eigenvalue weighted by atomic mass is 16.6. The van der Waals surface area contributed by atoms with Crippen LogP contribution >= 0.6 is 0 Å². The topological polar surface area (TPSA) is 78.6 Å². The summed E-state index contributed by atoms with van der Waals surface area (Å²) in [5.41, 5.74) is 7.52. The molecule has 0 saturated carbocycles. The van der Waals surface area contributed by atoms with E-state index in [-0.39, 0.29) is 19.6 Å². The fraction of sp³-hybridized carbons (Fsp3) is 0.500. The number of carbonyl (C=O) groups is 2. The lowest BCUT2D eigenvalue weighted by Crippen LogP contribution is -2.30. The summed E-state index contributed by atoms with van der Waals surface area (Å²) in [5, 5.41) is 0. The molecule has 1 rings (SSSR count). The van der Waals surface area contributed by atoms with Crippen LogP contribution in [0.4, 0.5) is 0 Å². The summed E-state index contributed by atoms with van der Waals surface area (Å²) in [6, 6.07) is 7.71. The van der Waals surface area contributed by atoms with Crippen LogP contribution in [0.5, 0.6) is 0 Å². The van der Waals surface area contributed by atoms with Crippen molar-refractivity contribution in [3.05, 3.63) is 35.4 Å². The molecule has 0 bridgehead atoms. The van der Waals surface area contributed by atoms with Gasteiger partial charge in [-0.3, -0.25) is 9.59 Å². The molecule has 5 nitrogen and oxygen atoms in total. The van der Waals surface area contributed by atoms with Gasteiger partial charge in [-0.15, -0.1) is 0 Å². The second-order valence-corrected chi connectivity index (χ2v) is 4.62. The molecule has 2 N–H and O–H groups in total. The van der Waals surface area contributed by atoms with Gasteiger partial charge in [-0.1, -0.05) is 24.3 Å². The number of nitrogens with two attached hydrogens (primary N) is 1. The predicted octanol–water partition coefficient (Wildman–Crippen LogP) is 1.47. The van der Waals surface area contributed by atoms with Crippen LogP contribution in [0.15, 0.2) is 24.3 Å². The molecule has 5 heteroatoms. The maximum atomic E-state index is 11.9. The molecular weight excluding hydrogens is 270 g/mol. The van der Waals surface area contributed by atoms with Crippen molar-refractivity contribution in [1.29, 1.82) is 0 Å². The first kappa shape index (κ1) is 17.2. The highest BCUT2D eigenvalue weighted by Gasteiger charge is 2.29. The number of carbonyl (C=O) groups excluding carboxylic acids is 2. The maximum Gasteiger partial charge on any atom is 0.320 e. The Bertz CT molecular complexity index is 438. The van der Waals surface area contributed by atoms with Crippen molar-refractivity contribution in [2.75, 3.05) is 19.8 Å². The predicted molar refractivity (Wildman–Crippen MR) is 79.7 cm³/mol. The van der Waals surface area contributed by atoms with Crippen LogP contribution in [0.2, 0.25) is 0 Å². The average Bonchev–Trinajstić information content (AvgIpc) is 2.47. The zero-order valence-electron chi connectivity index (χ0n) is 12.6. The molecule has 0 fully saturated rings. The van der Waals surface area contributed by atoms with Gasteiger partial charge in [0.1, 0.15) is 0 Å². The van der Waals surface area contributed by atoms with E-state index in [0.29, 0.717) is 6.54 Å². The number of benzene rings is 1. The lowest BCUT2D eigenvalue weighted by molar-refractivity contribution is -0.161. The minimum atomic E-state index is -0.912. The van der Waals surface area contributed by atoms with Gasteiger partial charge in [0.15, 0.2) is 5.92 Å². The summed E-state index contributed by atoms with van der Waals surface area (Å²) in [6.45, 7) is 4.49. The Morgan fingerprint density at radius 1 is 1.00 bits per heavy atom. The first-order valence-corrected chi connectivity index (χ1v) is 7.23. The van der Waals surface area contributed by atoms with Gasteiger partial charge in [0.05, 0.1) is 13.2 Å². The van der Waals surface area contributed by atoms with Crippen molar-refractivity contribution in [3.63, 3.8) is 0 Å². The van der Waals surface area contributed by atoms with Crippen LogP contribution in [0.25, 0.3) is 0 Å². The van der Waals surface area contributed by atoms with Gasteiger partial charge in [0, 0.05) is 0 Å². The van der Waals surface area contributed by atoms with Crippen LogP contribution < -0.4 is 5.73 Å². The zero-order chi connectivity index (χ0) is 15.7. The molecule has 1 aromatic rings. The molecule has 21 heavy (non-hydrogen) atoms. The molecule has 0 aromatic heterocycles. The van der Waals surface area contributed by atoms with Crippen molar-refractivity contribution >= 4 is 11.9 Å². The van der Waals surface area contributed by atoms with Crippen molar-refractivity contribution < 1.29 is 19.1 Å². The highest BCUT2D eigenvalue weighted by molar-refractivity contribution is 5.95. The SMILES string of the molecule is CCOC(=O)C(Cc1ccc(CCN)cc1)C(=O)OCC. The van der Waals surface area contributed by atoms with Crippen LogP contribution in [0, 0.1) is 5.92 Å². The molecule has 1 aromatic carbocycles. The number of hydrogen-bond donors (Lipinski definition) is 1. The maximum absolute atomic E-state index is 11.9. The van der Waals surface area contributed by atoms with E-state index in [9.17, 15) is 9.59 Å². The fourth-order valence-electron chi connectivity index (χ4n) is 1.99. The summed E-state index contributed by atoms with van der Waals surface area (Å²) in [4.78, 5) is 23.8. The molecular formula is C16H23NO4. The number of esters is 2. The molecule has 0 heterocycles. The third-order valence-electron chi connectivity index (χ3n) is 3.04.